The molecule has 0 amide bonds. The summed E-state index contributed by atoms with van der Waals surface area (Å²) in [4.78, 5) is 16.7. The molecule has 0 spiro atoms. The van der Waals surface area contributed by atoms with Crippen molar-refractivity contribution in [3.05, 3.63) is 15.6 Å². The van der Waals surface area contributed by atoms with Gasteiger partial charge in [-0.1, -0.05) is 13.3 Å². The van der Waals surface area contributed by atoms with E-state index in [9.17, 15) is 4.79 Å². The van der Waals surface area contributed by atoms with E-state index in [1.54, 1.807) is 11.3 Å². The van der Waals surface area contributed by atoms with Crippen LogP contribution in [0.3, 0.4) is 0 Å². The molecule has 17 heavy (non-hydrogen) atoms. The van der Waals surface area contributed by atoms with Crippen molar-refractivity contribution in [2.45, 2.75) is 52.6 Å². The number of carboxylic acid groups (broad SMARTS) is 1. The molecule has 0 fully saturated rings. The number of hydrogen-bond donors (Lipinski definition) is 2. The standard InChI is InChI=1S/C12H20N2O2S/c1-5-6-10(12(15)16)13-7(2)11-8(3)17-9(4)14-11/h7,10,13H,5-6H2,1-4H3,(H,15,16). The Hall–Kier alpha value is -0.940. The highest BCUT2D eigenvalue weighted by molar-refractivity contribution is 7.11. The van der Waals surface area contributed by atoms with E-state index in [0.717, 1.165) is 22.0 Å². The first-order valence-corrected chi connectivity index (χ1v) is 6.70. The van der Waals surface area contributed by atoms with Crippen molar-refractivity contribution in [3.8, 4) is 0 Å². The maximum atomic E-state index is 11.1. The summed E-state index contributed by atoms with van der Waals surface area (Å²) < 4.78 is 0. The molecule has 2 unspecified atom stereocenters. The summed E-state index contributed by atoms with van der Waals surface area (Å²) in [6.07, 6.45) is 1.49. The number of aromatic nitrogens is 1. The molecule has 0 radical (unpaired) electrons. The summed E-state index contributed by atoms with van der Waals surface area (Å²) in [6.45, 7) is 7.94. The molecule has 4 nitrogen and oxygen atoms in total. The predicted octanol–water partition coefficient (Wildman–Crippen LogP) is 2.66. The maximum absolute atomic E-state index is 11.1. The van der Waals surface area contributed by atoms with Crippen LogP contribution in [-0.4, -0.2) is 22.1 Å². The normalized spacial score (nSPS) is 14.6. The monoisotopic (exact) mass is 256 g/mol. The summed E-state index contributed by atoms with van der Waals surface area (Å²) in [7, 11) is 0. The van der Waals surface area contributed by atoms with E-state index in [2.05, 4.69) is 10.3 Å². The van der Waals surface area contributed by atoms with E-state index in [4.69, 9.17) is 5.11 Å². The Morgan fingerprint density at radius 1 is 1.53 bits per heavy atom. The first-order valence-electron chi connectivity index (χ1n) is 5.88. The van der Waals surface area contributed by atoms with Gasteiger partial charge in [0.1, 0.15) is 6.04 Å². The van der Waals surface area contributed by atoms with E-state index in [-0.39, 0.29) is 6.04 Å². The van der Waals surface area contributed by atoms with Crippen molar-refractivity contribution in [3.63, 3.8) is 0 Å². The van der Waals surface area contributed by atoms with Gasteiger partial charge in [-0.3, -0.25) is 10.1 Å². The minimum absolute atomic E-state index is 0.0207. The average Bonchev–Trinajstić information content (AvgIpc) is 2.57. The molecule has 1 rings (SSSR count). The van der Waals surface area contributed by atoms with Crippen molar-refractivity contribution < 1.29 is 9.90 Å². The van der Waals surface area contributed by atoms with Gasteiger partial charge in [0, 0.05) is 10.9 Å². The first-order chi connectivity index (χ1) is 7.95. The Morgan fingerprint density at radius 3 is 2.59 bits per heavy atom. The van der Waals surface area contributed by atoms with Gasteiger partial charge in [-0.15, -0.1) is 11.3 Å². The van der Waals surface area contributed by atoms with Crippen LogP contribution in [0.2, 0.25) is 0 Å². The van der Waals surface area contributed by atoms with Gasteiger partial charge in [0.15, 0.2) is 0 Å². The molecule has 2 N–H and O–H groups in total. The van der Waals surface area contributed by atoms with Crippen LogP contribution in [0.5, 0.6) is 0 Å². The fourth-order valence-corrected chi connectivity index (χ4v) is 2.81. The van der Waals surface area contributed by atoms with Crippen LogP contribution in [0.1, 0.15) is 48.3 Å². The van der Waals surface area contributed by atoms with Gasteiger partial charge < -0.3 is 5.11 Å². The second kappa shape index (κ2) is 6.12. The Labute approximate surface area is 106 Å². The lowest BCUT2D eigenvalue weighted by molar-refractivity contribution is -0.139. The maximum Gasteiger partial charge on any atom is 0.320 e. The minimum Gasteiger partial charge on any atom is -0.480 e. The Bertz CT molecular complexity index is 390. The molecule has 5 heteroatoms. The summed E-state index contributed by atoms with van der Waals surface area (Å²) in [6, 6.07) is -0.510. The summed E-state index contributed by atoms with van der Waals surface area (Å²) >= 11 is 1.65. The number of rotatable bonds is 6. The van der Waals surface area contributed by atoms with Crippen molar-refractivity contribution in [2.24, 2.45) is 0 Å². The Balaban J connectivity index is 2.73. The van der Waals surface area contributed by atoms with Gasteiger partial charge in [0.05, 0.1) is 10.7 Å². The van der Waals surface area contributed by atoms with Crippen LogP contribution in [0.15, 0.2) is 0 Å². The zero-order valence-electron chi connectivity index (χ0n) is 10.8. The molecule has 1 aromatic heterocycles. The van der Waals surface area contributed by atoms with Crippen LogP contribution in [0.25, 0.3) is 0 Å². The van der Waals surface area contributed by atoms with Crippen LogP contribution in [0, 0.1) is 13.8 Å². The van der Waals surface area contributed by atoms with Crippen molar-refractivity contribution in [1.29, 1.82) is 0 Å². The predicted molar refractivity (Wildman–Crippen MR) is 69.5 cm³/mol. The van der Waals surface area contributed by atoms with E-state index in [1.807, 2.05) is 27.7 Å². The lowest BCUT2D eigenvalue weighted by Crippen LogP contribution is -2.38. The van der Waals surface area contributed by atoms with Gasteiger partial charge in [-0.25, -0.2) is 4.98 Å². The average molecular weight is 256 g/mol. The zero-order chi connectivity index (χ0) is 13.0. The van der Waals surface area contributed by atoms with E-state index >= 15 is 0 Å². The molecule has 0 aliphatic rings. The second-order valence-electron chi connectivity index (χ2n) is 4.24. The Morgan fingerprint density at radius 2 is 2.18 bits per heavy atom. The molecule has 1 aromatic rings. The summed E-state index contributed by atoms with van der Waals surface area (Å²) in [5.74, 6) is -0.789. The number of nitrogens with zero attached hydrogens (tertiary/aromatic N) is 1. The Kier molecular flexibility index (Phi) is 5.08. The fraction of sp³-hybridized carbons (Fsp3) is 0.667. The number of hydrogen-bond acceptors (Lipinski definition) is 4. The zero-order valence-corrected chi connectivity index (χ0v) is 11.6. The van der Waals surface area contributed by atoms with E-state index in [1.165, 1.54) is 0 Å². The SMILES string of the molecule is CCCC(NC(C)c1nc(C)sc1C)C(=O)O. The molecular weight excluding hydrogens is 236 g/mol. The highest BCUT2D eigenvalue weighted by Gasteiger charge is 2.21. The second-order valence-corrected chi connectivity index (χ2v) is 5.65. The number of carboxylic acids is 1. The molecule has 96 valence electrons. The summed E-state index contributed by atoms with van der Waals surface area (Å²) in [5.41, 5.74) is 0.967. The fourth-order valence-electron chi connectivity index (χ4n) is 1.89. The van der Waals surface area contributed by atoms with Crippen LogP contribution < -0.4 is 5.32 Å². The minimum atomic E-state index is -0.789. The topological polar surface area (TPSA) is 62.2 Å². The first kappa shape index (κ1) is 14.1. The largest absolute Gasteiger partial charge is 0.480 e. The molecule has 0 bridgehead atoms. The van der Waals surface area contributed by atoms with Gasteiger partial charge in [-0.05, 0) is 27.2 Å². The smallest absolute Gasteiger partial charge is 0.320 e. The van der Waals surface area contributed by atoms with E-state index in [0.29, 0.717) is 6.42 Å². The van der Waals surface area contributed by atoms with Gasteiger partial charge in [0.2, 0.25) is 0 Å². The number of aryl methyl sites for hydroxylation is 2. The van der Waals surface area contributed by atoms with Crippen molar-refractivity contribution >= 4 is 17.3 Å². The molecule has 0 aromatic carbocycles. The van der Waals surface area contributed by atoms with Crippen LogP contribution >= 0.6 is 11.3 Å². The molecule has 2 atom stereocenters. The number of aliphatic carboxylic acids is 1. The molecule has 0 saturated carbocycles. The van der Waals surface area contributed by atoms with Crippen LogP contribution in [0.4, 0.5) is 0 Å². The molecule has 1 heterocycles. The van der Waals surface area contributed by atoms with Gasteiger partial charge in [0.25, 0.3) is 0 Å². The van der Waals surface area contributed by atoms with Gasteiger partial charge in [-0.2, -0.15) is 0 Å². The third kappa shape index (κ3) is 3.78. The molecular formula is C12H20N2O2S. The number of thiazole rings is 1. The number of carbonyl (C=O) groups is 1. The van der Waals surface area contributed by atoms with Gasteiger partial charge >= 0.3 is 5.97 Å². The molecule has 0 saturated heterocycles. The van der Waals surface area contributed by atoms with E-state index < -0.39 is 12.0 Å². The highest BCUT2D eigenvalue weighted by atomic mass is 32.1. The van der Waals surface area contributed by atoms with Crippen LogP contribution in [-0.2, 0) is 4.79 Å². The third-order valence-electron chi connectivity index (χ3n) is 2.68. The lowest BCUT2D eigenvalue weighted by atomic mass is 10.1. The molecule has 0 aliphatic carbocycles. The highest BCUT2D eigenvalue weighted by Crippen LogP contribution is 2.23. The lowest BCUT2D eigenvalue weighted by Gasteiger charge is -2.19. The third-order valence-corrected chi connectivity index (χ3v) is 3.58. The number of nitrogens with one attached hydrogen (secondary N) is 1. The van der Waals surface area contributed by atoms with Crippen molar-refractivity contribution in [2.75, 3.05) is 0 Å². The summed E-state index contributed by atoms with van der Waals surface area (Å²) in [5, 5.41) is 13.2. The molecule has 0 aliphatic heterocycles. The van der Waals surface area contributed by atoms with Crippen molar-refractivity contribution in [1.82, 2.24) is 10.3 Å². The quantitative estimate of drug-likeness (QED) is 0.821.